The highest BCUT2D eigenvalue weighted by atomic mass is 79.9. The molecule has 4 nitrogen and oxygen atoms in total. The quantitative estimate of drug-likeness (QED) is 0.793. The zero-order valence-electron chi connectivity index (χ0n) is 14.6. The summed E-state index contributed by atoms with van der Waals surface area (Å²) in [7, 11) is 3.43. The van der Waals surface area contributed by atoms with Gasteiger partial charge >= 0.3 is 0 Å². The van der Waals surface area contributed by atoms with E-state index in [2.05, 4.69) is 38.4 Å². The number of benzene rings is 2. The Morgan fingerprint density at radius 2 is 1.92 bits per heavy atom. The van der Waals surface area contributed by atoms with Gasteiger partial charge in [-0.3, -0.25) is 4.99 Å². The van der Waals surface area contributed by atoms with Crippen molar-refractivity contribution in [3.05, 3.63) is 57.6 Å². The molecule has 0 radical (unpaired) electrons. The van der Waals surface area contributed by atoms with Crippen molar-refractivity contribution in [2.45, 2.75) is 19.3 Å². The molecule has 0 saturated carbocycles. The minimum Gasteiger partial charge on any atom is -0.496 e. The lowest BCUT2D eigenvalue weighted by atomic mass is 9.97. The van der Waals surface area contributed by atoms with Crippen LogP contribution in [-0.2, 0) is 12.8 Å². The van der Waals surface area contributed by atoms with Crippen molar-refractivity contribution in [1.82, 2.24) is 5.32 Å². The first kappa shape index (κ1) is 17.8. The molecular formula is C20H23BrN2O2. The number of amidine groups is 1. The van der Waals surface area contributed by atoms with Gasteiger partial charge in [-0.05, 0) is 49.1 Å². The first-order valence-corrected chi connectivity index (χ1v) is 9.29. The van der Waals surface area contributed by atoms with Crippen LogP contribution in [0.5, 0.6) is 11.5 Å². The van der Waals surface area contributed by atoms with Crippen molar-refractivity contribution < 1.29 is 9.47 Å². The second-order valence-corrected chi connectivity index (χ2v) is 6.87. The fraction of sp³-hybridized carbons (Fsp3) is 0.350. The molecule has 1 N–H and O–H groups in total. The fourth-order valence-electron chi connectivity index (χ4n) is 3.15. The van der Waals surface area contributed by atoms with Gasteiger partial charge in [0.25, 0.3) is 0 Å². The van der Waals surface area contributed by atoms with Crippen LogP contribution in [0.2, 0.25) is 0 Å². The van der Waals surface area contributed by atoms with Crippen LogP contribution in [0.3, 0.4) is 0 Å². The molecule has 0 fully saturated rings. The van der Waals surface area contributed by atoms with Crippen molar-refractivity contribution in [3.63, 3.8) is 0 Å². The average Bonchev–Trinajstić information content (AvgIpc) is 2.66. The topological polar surface area (TPSA) is 42.9 Å². The molecule has 1 aliphatic rings. The normalized spacial score (nSPS) is 13.8. The molecule has 2 aromatic carbocycles. The number of halogens is 1. The zero-order chi connectivity index (χ0) is 17.6. The van der Waals surface area contributed by atoms with Gasteiger partial charge in [0.15, 0.2) is 0 Å². The summed E-state index contributed by atoms with van der Waals surface area (Å²) in [5.74, 6) is 2.79. The summed E-state index contributed by atoms with van der Waals surface area (Å²) >= 11 is 3.55. The lowest BCUT2D eigenvalue weighted by Gasteiger charge is -2.19. The summed E-state index contributed by atoms with van der Waals surface area (Å²) in [5.41, 5.74) is 3.49. The lowest BCUT2D eigenvalue weighted by molar-refractivity contribution is 0.405. The van der Waals surface area contributed by atoms with Crippen LogP contribution in [0.25, 0.3) is 0 Å². The van der Waals surface area contributed by atoms with E-state index < -0.39 is 0 Å². The predicted molar refractivity (Wildman–Crippen MR) is 105 cm³/mol. The summed E-state index contributed by atoms with van der Waals surface area (Å²) in [6.07, 6.45) is 2.80. The molecule has 0 spiro atoms. The maximum Gasteiger partial charge on any atom is 0.128 e. The zero-order valence-corrected chi connectivity index (χ0v) is 16.2. The van der Waals surface area contributed by atoms with Crippen LogP contribution in [-0.4, -0.2) is 33.1 Å². The van der Waals surface area contributed by atoms with E-state index in [0.29, 0.717) is 0 Å². The maximum atomic E-state index is 5.62. The van der Waals surface area contributed by atoms with Crippen molar-refractivity contribution >= 4 is 21.8 Å². The third-order valence-electron chi connectivity index (χ3n) is 4.39. The Morgan fingerprint density at radius 1 is 1.08 bits per heavy atom. The largest absolute Gasteiger partial charge is 0.496 e. The highest BCUT2D eigenvalue weighted by molar-refractivity contribution is 9.10. The molecule has 0 amide bonds. The number of nitrogens with one attached hydrogen (secondary N) is 1. The Labute approximate surface area is 157 Å². The Balaban J connectivity index is 1.91. The Kier molecular flexibility index (Phi) is 5.97. The lowest BCUT2D eigenvalue weighted by Crippen LogP contribution is -2.31. The third-order valence-corrected chi connectivity index (χ3v) is 4.89. The minimum absolute atomic E-state index is 0.854. The van der Waals surface area contributed by atoms with Crippen LogP contribution in [0.4, 0.5) is 0 Å². The maximum absolute atomic E-state index is 5.62. The Bertz CT molecular complexity index is 774. The number of hydrogen-bond acceptors (Lipinski definition) is 4. The molecular weight excluding hydrogens is 380 g/mol. The summed E-state index contributed by atoms with van der Waals surface area (Å²) in [4.78, 5) is 4.66. The van der Waals surface area contributed by atoms with Crippen LogP contribution < -0.4 is 14.8 Å². The van der Waals surface area contributed by atoms with E-state index in [-0.39, 0.29) is 0 Å². The van der Waals surface area contributed by atoms with Gasteiger partial charge in [0.2, 0.25) is 0 Å². The number of aryl methyl sites for hydroxylation is 1. The Hall–Kier alpha value is -2.01. The van der Waals surface area contributed by atoms with Crippen LogP contribution in [0.15, 0.2) is 45.9 Å². The molecule has 5 heteroatoms. The molecule has 0 aliphatic carbocycles. The van der Waals surface area contributed by atoms with E-state index in [1.54, 1.807) is 14.2 Å². The SMILES string of the molecule is COc1ccc(Br)cc1CCc1c(OC)cccc1C1=NCCCN1. The molecule has 1 heterocycles. The molecule has 0 aromatic heterocycles. The van der Waals surface area contributed by atoms with E-state index >= 15 is 0 Å². The molecule has 2 aromatic rings. The van der Waals surface area contributed by atoms with Gasteiger partial charge in [-0.15, -0.1) is 0 Å². The van der Waals surface area contributed by atoms with E-state index in [1.807, 2.05) is 24.3 Å². The molecule has 3 rings (SSSR count). The summed E-state index contributed by atoms with van der Waals surface area (Å²) in [6.45, 7) is 1.84. The van der Waals surface area contributed by atoms with E-state index in [4.69, 9.17) is 9.47 Å². The van der Waals surface area contributed by atoms with Gasteiger partial charge in [0.05, 0.1) is 14.2 Å². The van der Waals surface area contributed by atoms with Gasteiger partial charge < -0.3 is 14.8 Å². The fourth-order valence-corrected chi connectivity index (χ4v) is 3.56. The highest BCUT2D eigenvalue weighted by Crippen LogP contribution is 2.28. The van der Waals surface area contributed by atoms with Gasteiger partial charge in [0.1, 0.15) is 17.3 Å². The molecule has 0 atom stereocenters. The smallest absolute Gasteiger partial charge is 0.128 e. The number of rotatable bonds is 6. The van der Waals surface area contributed by atoms with Crippen molar-refractivity contribution in [2.24, 2.45) is 4.99 Å². The molecule has 1 aliphatic heterocycles. The summed E-state index contributed by atoms with van der Waals surface area (Å²) in [5, 5.41) is 3.42. The van der Waals surface area contributed by atoms with Crippen LogP contribution in [0.1, 0.15) is 23.1 Å². The first-order chi connectivity index (χ1) is 12.2. The van der Waals surface area contributed by atoms with E-state index in [9.17, 15) is 0 Å². The Morgan fingerprint density at radius 3 is 2.64 bits per heavy atom. The second kappa shape index (κ2) is 8.39. The van der Waals surface area contributed by atoms with Crippen molar-refractivity contribution in [3.8, 4) is 11.5 Å². The van der Waals surface area contributed by atoms with Gasteiger partial charge in [-0.1, -0.05) is 28.1 Å². The van der Waals surface area contributed by atoms with Gasteiger partial charge in [-0.25, -0.2) is 0 Å². The third kappa shape index (κ3) is 4.15. The summed E-state index contributed by atoms with van der Waals surface area (Å²) in [6, 6.07) is 12.3. The summed E-state index contributed by atoms with van der Waals surface area (Å²) < 4.78 is 12.2. The van der Waals surface area contributed by atoms with Crippen molar-refractivity contribution in [1.29, 1.82) is 0 Å². The first-order valence-electron chi connectivity index (χ1n) is 8.50. The average molecular weight is 403 g/mol. The monoisotopic (exact) mass is 402 g/mol. The molecule has 0 saturated heterocycles. The molecule has 0 unspecified atom stereocenters. The van der Waals surface area contributed by atoms with Crippen LogP contribution >= 0.6 is 15.9 Å². The number of nitrogens with zero attached hydrogens (tertiary/aromatic N) is 1. The van der Waals surface area contributed by atoms with Gasteiger partial charge in [0, 0.05) is 28.7 Å². The molecule has 132 valence electrons. The van der Waals surface area contributed by atoms with E-state index in [1.165, 1.54) is 11.1 Å². The molecule has 0 bridgehead atoms. The van der Waals surface area contributed by atoms with Crippen LogP contribution in [0, 0.1) is 0 Å². The standard InChI is InChI=1S/C20H23BrN2O2/c1-24-18-10-8-15(21)13-14(18)7-9-16-17(5-3-6-19(16)25-2)20-22-11-4-12-23-20/h3,5-6,8,10,13H,4,7,9,11-12H2,1-2H3,(H,22,23). The number of methoxy groups -OCH3 is 2. The molecule has 25 heavy (non-hydrogen) atoms. The highest BCUT2D eigenvalue weighted by Gasteiger charge is 2.16. The number of ether oxygens (including phenoxy) is 2. The van der Waals surface area contributed by atoms with Crippen molar-refractivity contribution in [2.75, 3.05) is 27.3 Å². The number of hydrogen-bond donors (Lipinski definition) is 1. The number of aliphatic imine (C=N–C) groups is 1. The van der Waals surface area contributed by atoms with Gasteiger partial charge in [-0.2, -0.15) is 0 Å². The second-order valence-electron chi connectivity index (χ2n) is 5.95. The van der Waals surface area contributed by atoms with E-state index in [0.717, 1.165) is 59.7 Å². The minimum atomic E-state index is 0.854. The predicted octanol–water partition coefficient (Wildman–Crippen LogP) is 3.99.